The van der Waals surface area contributed by atoms with E-state index in [4.69, 9.17) is 0 Å². The predicted octanol–water partition coefficient (Wildman–Crippen LogP) is 2.50. The Hall–Kier alpha value is -1.28. The standard InChI is InChI=1S/C10H12N2.C2H6/c1-11-10-9-5-3-2-4-8(9)6-7-12-10;1-2/h2-7,10-12H,1H3;1-2H3. The van der Waals surface area contributed by atoms with Crippen LogP contribution in [-0.4, -0.2) is 7.05 Å². The number of nitrogens with one attached hydrogen (secondary N) is 2. The summed E-state index contributed by atoms with van der Waals surface area (Å²) >= 11 is 0. The van der Waals surface area contributed by atoms with Gasteiger partial charge in [-0.15, -0.1) is 0 Å². The van der Waals surface area contributed by atoms with Gasteiger partial charge in [0.25, 0.3) is 0 Å². The highest BCUT2D eigenvalue weighted by Gasteiger charge is 2.12. The molecule has 1 aliphatic heterocycles. The van der Waals surface area contributed by atoms with Gasteiger partial charge >= 0.3 is 0 Å². The van der Waals surface area contributed by atoms with Crippen LogP contribution in [0.3, 0.4) is 0 Å². The lowest BCUT2D eigenvalue weighted by atomic mass is 10.0. The largest absolute Gasteiger partial charge is 0.372 e. The zero-order valence-corrected chi connectivity index (χ0v) is 9.04. The van der Waals surface area contributed by atoms with Gasteiger partial charge in [-0.3, -0.25) is 5.32 Å². The van der Waals surface area contributed by atoms with Gasteiger partial charge in [-0.2, -0.15) is 0 Å². The Labute approximate surface area is 86.0 Å². The van der Waals surface area contributed by atoms with Gasteiger partial charge in [0.05, 0.1) is 0 Å². The van der Waals surface area contributed by atoms with Crippen LogP contribution in [0.4, 0.5) is 0 Å². The minimum Gasteiger partial charge on any atom is -0.372 e. The summed E-state index contributed by atoms with van der Waals surface area (Å²) < 4.78 is 0. The Balaban J connectivity index is 0.000000461. The van der Waals surface area contributed by atoms with Crippen LogP contribution in [0.2, 0.25) is 0 Å². The fraction of sp³-hybridized carbons (Fsp3) is 0.333. The van der Waals surface area contributed by atoms with Crippen molar-refractivity contribution in [2.24, 2.45) is 0 Å². The molecule has 1 aromatic rings. The molecule has 1 unspecified atom stereocenters. The third kappa shape index (κ3) is 2.15. The van der Waals surface area contributed by atoms with Crippen LogP contribution >= 0.6 is 0 Å². The maximum Gasteiger partial charge on any atom is 0.103 e. The summed E-state index contributed by atoms with van der Waals surface area (Å²) in [6.07, 6.45) is 4.32. The van der Waals surface area contributed by atoms with E-state index in [9.17, 15) is 0 Å². The predicted molar refractivity (Wildman–Crippen MR) is 61.8 cm³/mol. The van der Waals surface area contributed by atoms with Crippen LogP contribution in [0.1, 0.15) is 31.1 Å². The van der Waals surface area contributed by atoms with E-state index in [1.807, 2.05) is 27.1 Å². The maximum absolute atomic E-state index is 3.23. The molecule has 76 valence electrons. The normalized spacial score (nSPS) is 17.5. The SMILES string of the molecule is CC.CNC1NC=Cc2ccccc21. The van der Waals surface area contributed by atoms with E-state index in [0.29, 0.717) is 0 Å². The van der Waals surface area contributed by atoms with Gasteiger partial charge in [0.15, 0.2) is 0 Å². The van der Waals surface area contributed by atoms with Crippen molar-refractivity contribution in [3.63, 3.8) is 0 Å². The molecular weight excluding hydrogens is 172 g/mol. The van der Waals surface area contributed by atoms with Crippen LogP contribution in [0.5, 0.6) is 0 Å². The monoisotopic (exact) mass is 190 g/mol. The summed E-state index contributed by atoms with van der Waals surface area (Å²) in [5.41, 5.74) is 2.60. The first kappa shape index (κ1) is 10.8. The van der Waals surface area contributed by atoms with E-state index >= 15 is 0 Å². The first-order chi connectivity index (χ1) is 6.92. The zero-order chi connectivity index (χ0) is 10.4. The van der Waals surface area contributed by atoms with E-state index in [0.717, 1.165) is 0 Å². The Morgan fingerprint density at radius 1 is 1.21 bits per heavy atom. The van der Waals surface area contributed by atoms with Crippen molar-refractivity contribution in [2.75, 3.05) is 7.05 Å². The quantitative estimate of drug-likeness (QED) is 0.711. The molecule has 14 heavy (non-hydrogen) atoms. The van der Waals surface area contributed by atoms with Crippen molar-refractivity contribution in [3.05, 3.63) is 41.6 Å². The Morgan fingerprint density at radius 2 is 1.93 bits per heavy atom. The van der Waals surface area contributed by atoms with Gasteiger partial charge in [-0.25, -0.2) is 0 Å². The molecule has 0 spiro atoms. The number of hydrogen-bond acceptors (Lipinski definition) is 2. The van der Waals surface area contributed by atoms with E-state index in [-0.39, 0.29) is 6.17 Å². The molecule has 1 atom stereocenters. The van der Waals surface area contributed by atoms with Crippen LogP contribution in [0.15, 0.2) is 30.5 Å². The molecule has 0 saturated heterocycles. The first-order valence-corrected chi connectivity index (χ1v) is 5.10. The van der Waals surface area contributed by atoms with E-state index in [1.165, 1.54) is 11.1 Å². The van der Waals surface area contributed by atoms with Gasteiger partial charge in [0.2, 0.25) is 0 Å². The summed E-state index contributed by atoms with van der Waals surface area (Å²) in [5, 5.41) is 6.43. The molecule has 0 saturated carbocycles. The number of rotatable bonds is 1. The molecule has 0 fully saturated rings. The van der Waals surface area contributed by atoms with Crippen molar-refractivity contribution >= 4 is 6.08 Å². The molecule has 0 amide bonds. The van der Waals surface area contributed by atoms with Crippen LogP contribution in [-0.2, 0) is 0 Å². The molecular formula is C12H18N2. The minimum atomic E-state index is 0.256. The van der Waals surface area contributed by atoms with Crippen molar-refractivity contribution < 1.29 is 0 Å². The molecule has 0 aromatic heterocycles. The average molecular weight is 190 g/mol. The summed E-state index contributed by atoms with van der Waals surface area (Å²) in [7, 11) is 1.95. The third-order valence-electron chi connectivity index (χ3n) is 2.12. The van der Waals surface area contributed by atoms with Gasteiger partial charge < -0.3 is 5.32 Å². The van der Waals surface area contributed by atoms with Crippen LogP contribution in [0, 0.1) is 0 Å². The molecule has 0 radical (unpaired) electrons. The third-order valence-corrected chi connectivity index (χ3v) is 2.12. The number of hydrogen-bond donors (Lipinski definition) is 2. The molecule has 1 aromatic carbocycles. The van der Waals surface area contributed by atoms with E-state index in [2.05, 4.69) is 41.0 Å². The molecule has 0 aliphatic carbocycles. The summed E-state index contributed by atoms with van der Waals surface area (Å²) in [6.45, 7) is 4.00. The van der Waals surface area contributed by atoms with Gasteiger partial charge in [-0.05, 0) is 30.5 Å². The fourth-order valence-corrected chi connectivity index (χ4v) is 1.49. The lowest BCUT2D eigenvalue weighted by Gasteiger charge is -2.22. The molecule has 1 heterocycles. The smallest absolute Gasteiger partial charge is 0.103 e. The second-order valence-electron chi connectivity index (χ2n) is 2.85. The highest BCUT2D eigenvalue weighted by Crippen LogP contribution is 2.20. The van der Waals surface area contributed by atoms with Crippen molar-refractivity contribution in [1.29, 1.82) is 0 Å². The maximum atomic E-state index is 3.23. The lowest BCUT2D eigenvalue weighted by Crippen LogP contribution is -2.30. The topological polar surface area (TPSA) is 24.1 Å². The Morgan fingerprint density at radius 3 is 2.64 bits per heavy atom. The van der Waals surface area contributed by atoms with Crippen molar-refractivity contribution in [3.8, 4) is 0 Å². The minimum absolute atomic E-state index is 0.256. The first-order valence-electron chi connectivity index (χ1n) is 5.10. The Kier molecular flexibility index (Phi) is 4.20. The molecule has 2 heteroatoms. The average Bonchev–Trinajstić information content (AvgIpc) is 2.31. The molecule has 0 bridgehead atoms. The highest BCUT2D eigenvalue weighted by molar-refractivity contribution is 5.56. The zero-order valence-electron chi connectivity index (χ0n) is 9.04. The summed E-state index contributed by atoms with van der Waals surface area (Å²) in [4.78, 5) is 0. The fourth-order valence-electron chi connectivity index (χ4n) is 1.49. The molecule has 1 aliphatic rings. The number of fused-ring (bicyclic) bond motifs is 1. The summed E-state index contributed by atoms with van der Waals surface area (Å²) in [5.74, 6) is 0. The van der Waals surface area contributed by atoms with E-state index in [1.54, 1.807) is 0 Å². The Bertz CT molecular complexity index is 305. The molecule has 2 nitrogen and oxygen atoms in total. The number of benzene rings is 1. The molecule has 2 rings (SSSR count). The molecule has 2 N–H and O–H groups in total. The van der Waals surface area contributed by atoms with Crippen LogP contribution < -0.4 is 10.6 Å². The van der Waals surface area contributed by atoms with Gasteiger partial charge in [0.1, 0.15) is 6.17 Å². The van der Waals surface area contributed by atoms with Crippen LogP contribution in [0.25, 0.3) is 6.08 Å². The second kappa shape index (κ2) is 5.45. The van der Waals surface area contributed by atoms with Gasteiger partial charge in [-0.1, -0.05) is 38.1 Å². The second-order valence-corrected chi connectivity index (χ2v) is 2.85. The highest BCUT2D eigenvalue weighted by atomic mass is 15.1. The van der Waals surface area contributed by atoms with Crippen molar-refractivity contribution in [2.45, 2.75) is 20.0 Å². The van der Waals surface area contributed by atoms with Gasteiger partial charge in [0, 0.05) is 0 Å². The van der Waals surface area contributed by atoms with Crippen molar-refractivity contribution in [1.82, 2.24) is 10.6 Å². The van der Waals surface area contributed by atoms with E-state index < -0.39 is 0 Å². The lowest BCUT2D eigenvalue weighted by molar-refractivity contribution is 0.536. The summed E-state index contributed by atoms with van der Waals surface area (Å²) in [6, 6.07) is 8.37.